The van der Waals surface area contributed by atoms with E-state index in [2.05, 4.69) is 36.1 Å². The third-order valence-electron chi connectivity index (χ3n) is 4.90. The smallest absolute Gasteiger partial charge is 0.142 e. The van der Waals surface area contributed by atoms with Crippen LogP contribution in [0, 0.1) is 11.8 Å². The Labute approximate surface area is 122 Å². The number of hydrogen-bond donors (Lipinski definition) is 1. The van der Waals surface area contributed by atoms with Crippen LogP contribution >= 0.6 is 0 Å². The van der Waals surface area contributed by atoms with Gasteiger partial charge in [0.2, 0.25) is 0 Å². The highest BCUT2D eigenvalue weighted by Gasteiger charge is 2.33. The number of ether oxygens (including phenoxy) is 1. The van der Waals surface area contributed by atoms with Crippen LogP contribution < -0.4 is 15.4 Å². The van der Waals surface area contributed by atoms with Gasteiger partial charge in [-0.2, -0.15) is 0 Å². The molecule has 1 fully saturated rings. The molecule has 3 heteroatoms. The van der Waals surface area contributed by atoms with Gasteiger partial charge in [0.25, 0.3) is 0 Å². The van der Waals surface area contributed by atoms with Crippen molar-refractivity contribution in [3.63, 3.8) is 0 Å². The van der Waals surface area contributed by atoms with Crippen LogP contribution in [0.1, 0.15) is 32.6 Å². The molecule has 1 aromatic rings. The zero-order chi connectivity index (χ0) is 13.9. The maximum Gasteiger partial charge on any atom is 0.142 e. The van der Waals surface area contributed by atoms with Gasteiger partial charge >= 0.3 is 0 Å². The van der Waals surface area contributed by atoms with Gasteiger partial charge in [-0.05, 0) is 49.8 Å². The number of rotatable bonds is 2. The van der Waals surface area contributed by atoms with E-state index in [1.165, 1.54) is 24.9 Å². The summed E-state index contributed by atoms with van der Waals surface area (Å²) >= 11 is 0. The van der Waals surface area contributed by atoms with Crippen LogP contribution in [0.2, 0.25) is 0 Å². The molecule has 1 aliphatic carbocycles. The maximum absolute atomic E-state index is 6.05. The molecule has 2 N–H and O–H groups in total. The van der Waals surface area contributed by atoms with Crippen LogP contribution in [0.15, 0.2) is 24.3 Å². The predicted octanol–water partition coefficient (Wildman–Crippen LogP) is 3.04. The Hall–Kier alpha value is -1.22. The van der Waals surface area contributed by atoms with E-state index in [0.29, 0.717) is 12.0 Å². The second-order valence-corrected chi connectivity index (χ2v) is 6.34. The summed E-state index contributed by atoms with van der Waals surface area (Å²) in [5.41, 5.74) is 7.31. The summed E-state index contributed by atoms with van der Waals surface area (Å²) in [6, 6.07) is 9.05. The Morgan fingerprint density at radius 2 is 2.15 bits per heavy atom. The Morgan fingerprint density at radius 3 is 3.00 bits per heavy atom. The number of benzene rings is 1. The predicted molar refractivity (Wildman–Crippen MR) is 83.2 cm³/mol. The number of fused-ring (bicyclic) bond motifs is 1. The molecule has 110 valence electrons. The van der Waals surface area contributed by atoms with Crippen LogP contribution in [0.25, 0.3) is 0 Å². The number of hydrogen-bond acceptors (Lipinski definition) is 3. The van der Waals surface area contributed by atoms with E-state index in [9.17, 15) is 0 Å². The number of nitrogens with zero attached hydrogens (tertiary/aromatic N) is 1. The van der Waals surface area contributed by atoms with Gasteiger partial charge in [0.15, 0.2) is 0 Å². The molecule has 3 rings (SSSR count). The zero-order valence-electron chi connectivity index (χ0n) is 12.4. The molecule has 1 saturated carbocycles. The monoisotopic (exact) mass is 274 g/mol. The van der Waals surface area contributed by atoms with Gasteiger partial charge in [-0.1, -0.05) is 25.5 Å². The summed E-state index contributed by atoms with van der Waals surface area (Å²) in [6.45, 7) is 5.09. The summed E-state index contributed by atoms with van der Waals surface area (Å²) in [4.78, 5) is 2.58. The molecule has 20 heavy (non-hydrogen) atoms. The summed E-state index contributed by atoms with van der Waals surface area (Å²) in [5.74, 6) is 2.47. The summed E-state index contributed by atoms with van der Waals surface area (Å²) in [6.07, 6.45) is 4.94. The molecule has 1 aliphatic heterocycles. The van der Waals surface area contributed by atoms with E-state index < -0.39 is 0 Å². The summed E-state index contributed by atoms with van der Waals surface area (Å²) in [5, 5.41) is 0. The lowest BCUT2D eigenvalue weighted by molar-refractivity contribution is 0.243. The Bertz CT molecular complexity index is 448. The van der Waals surface area contributed by atoms with Crippen molar-refractivity contribution >= 4 is 5.69 Å². The zero-order valence-corrected chi connectivity index (χ0v) is 12.4. The molecule has 3 atom stereocenters. The van der Waals surface area contributed by atoms with E-state index in [1.807, 2.05) is 0 Å². The fraction of sp³-hybridized carbons (Fsp3) is 0.647. The van der Waals surface area contributed by atoms with E-state index in [1.54, 1.807) is 0 Å². The SMILES string of the molecule is CC1CCC(CN)C(N2CCCOc3ccccc32)C1. The van der Waals surface area contributed by atoms with Crippen LogP contribution in [0.3, 0.4) is 0 Å². The highest BCUT2D eigenvalue weighted by Crippen LogP contribution is 2.38. The van der Waals surface area contributed by atoms with Crippen molar-refractivity contribution in [3.8, 4) is 5.75 Å². The average molecular weight is 274 g/mol. The molecular formula is C17H26N2O. The first-order chi connectivity index (χ1) is 9.79. The van der Waals surface area contributed by atoms with Gasteiger partial charge < -0.3 is 15.4 Å². The second-order valence-electron chi connectivity index (χ2n) is 6.34. The lowest BCUT2D eigenvalue weighted by Crippen LogP contribution is -2.47. The molecule has 0 bridgehead atoms. The van der Waals surface area contributed by atoms with Crippen molar-refractivity contribution in [2.45, 2.75) is 38.6 Å². The molecule has 0 spiro atoms. The lowest BCUT2D eigenvalue weighted by Gasteiger charge is -2.42. The van der Waals surface area contributed by atoms with Gasteiger partial charge in [0, 0.05) is 12.6 Å². The first kappa shape index (κ1) is 13.7. The molecule has 0 amide bonds. The maximum atomic E-state index is 6.05. The molecule has 2 aliphatic rings. The topological polar surface area (TPSA) is 38.5 Å². The van der Waals surface area contributed by atoms with E-state index in [4.69, 9.17) is 10.5 Å². The highest BCUT2D eigenvalue weighted by molar-refractivity contribution is 5.59. The minimum Gasteiger partial charge on any atom is -0.491 e. The van der Waals surface area contributed by atoms with Crippen molar-refractivity contribution in [2.75, 3.05) is 24.6 Å². The Morgan fingerprint density at radius 1 is 1.30 bits per heavy atom. The van der Waals surface area contributed by atoms with Gasteiger partial charge in [-0.25, -0.2) is 0 Å². The fourth-order valence-corrected chi connectivity index (χ4v) is 3.77. The molecule has 3 unspecified atom stereocenters. The molecule has 0 saturated heterocycles. The number of para-hydroxylation sites is 2. The lowest BCUT2D eigenvalue weighted by atomic mass is 9.78. The molecule has 0 radical (unpaired) electrons. The third-order valence-corrected chi connectivity index (χ3v) is 4.90. The first-order valence-corrected chi connectivity index (χ1v) is 7.98. The van der Waals surface area contributed by atoms with E-state index in [0.717, 1.165) is 37.8 Å². The van der Waals surface area contributed by atoms with Crippen molar-refractivity contribution in [1.29, 1.82) is 0 Å². The third kappa shape index (κ3) is 2.64. The summed E-state index contributed by atoms with van der Waals surface area (Å²) < 4.78 is 5.89. The molecule has 1 heterocycles. The first-order valence-electron chi connectivity index (χ1n) is 7.98. The van der Waals surface area contributed by atoms with Crippen LogP contribution in [0.4, 0.5) is 5.69 Å². The standard InChI is InChI=1S/C17H26N2O/c1-13-7-8-14(12-18)16(11-13)19-9-4-10-20-17-6-3-2-5-15(17)19/h2-3,5-6,13-14,16H,4,7-12,18H2,1H3. The normalized spacial score (nSPS) is 30.3. The number of nitrogens with two attached hydrogens (primary N) is 1. The average Bonchev–Trinajstić information content (AvgIpc) is 2.69. The second kappa shape index (κ2) is 6.04. The highest BCUT2D eigenvalue weighted by atomic mass is 16.5. The number of anilines is 1. The largest absolute Gasteiger partial charge is 0.491 e. The molecule has 0 aromatic heterocycles. The van der Waals surface area contributed by atoms with E-state index in [-0.39, 0.29) is 0 Å². The van der Waals surface area contributed by atoms with Gasteiger partial charge in [0.05, 0.1) is 12.3 Å². The summed E-state index contributed by atoms with van der Waals surface area (Å²) in [7, 11) is 0. The van der Waals surface area contributed by atoms with Gasteiger partial charge in [0.1, 0.15) is 5.75 Å². The minimum atomic E-state index is 0.576. The quantitative estimate of drug-likeness (QED) is 0.901. The fourth-order valence-electron chi connectivity index (χ4n) is 3.77. The van der Waals surface area contributed by atoms with Crippen molar-refractivity contribution in [1.82, 2.24) is 0 Å². The van der Waals surface area contributed by atoms with Crippen molar-refractivity contribution < 1.29 is 4.74 Å². The van der Waals surface area contributed by atoms with Crippen LogP contribution in [-0.2, 0) is 0 Å². The van der Waals surface area contributed by atoms with Crippen molar-refractivity contribution in [2.24, 2.45) is 17.6 Å². The van der Waals surface area contributed by atoms with E-state index >= 15 is 0 Å². The molecule has 3 nitrogen and oxygen atoms in total. The molecule has 1 aromatic carbocycles. The van der Waals surface area contributed by atoms with Gasteiger partial charge in [-0.3, -0.25) is 0 Å². The minimum absolute atomic E-state index is 0.576. The van der Waals surface area contributed by atoms with Crippen molar-refractivity contribution in [3.05, 3.63) is 24.3 Å². The van der Waals surface area contributed by atoms with Crippen LogP contribution in [-0.4, -0.2) is 25.7 Å². The molecular weight excluding hydrogens is 248 g/mol. The Kier molecular flexibility index (Phi) is 4.16. The Balaban J connectivity index is 1.91. The van der Waals surface area contributed by atoms with Crippen LogP contribution in [0.5, 0.6) is 5.75 Å². The van der Waals surface area contributed by atoms with Gasteiger partial charge in [-0.15, -0.1) is 0 Å².